The molecule has 0 heterocycles. The van der Waals surface area contributed by atoms with Gasteiger partial charge in [0.1, 0.15) is 5.75 Å². The van der Waals surface area contributed by atoms with Crippen LogP contribution in [0.25, 0.3) is 0 Å². The summed E-state index contributed by atoms with van der Waals surface area (Å²) in [7, 11) is 0. The molecule has 96 valence electrons. The average molecular weight is 253 g/mol. The van der Waals surface area contributed by atoms with E-state index in [4.69, 9.17) is 4.74 Å². The molecule has 17 heavy (non-hydrogen) atoms. The van der Waals surface area contributed by atoms with Crippen LogP contribution >= 0.6 is 12.6 Å². The summed E-state index contributed by atoms with van der Waals surface area (Å²) in [6.07, 6.45) is 2.20. The molecule has 1 aromatic rings. The highest BCUT2D eigenvalue weighted by Crippen LogP contribution is 2.19. The van der Waals surface area contributed by atoms with Gasteiger partial charge in [-0.2, -0.15) is 12.6 Å². The van der Waals surface area contributed by atoms with Crippen molar-refractivity contribution < 1.29 is 4.74 Å². The summed E-state index contributed by atoms with van der Waals surface area (Å²) in [6.45, 7) is 6.92. The number of hydrogen-bond donors (Lipinski definition) is 2. The molecule has 2 nitrogen and oxygen atoms in total. The van der Waals surface area contributed by atoms with Crippen LogP contribution < -0.4 is 10.1 Å². The molecular weight excluding hydrogens is 230 g/mol. The fraction of sp³-hybridized carbons (Fsp3) is 0.571. The smallest absolute Gasteiger partial charge is 0.122 e. The summed E-state index contributed by atoms with van der Waals surface area (Å²) >= 11 is 4.18. The quantitative estimate of drug-likeness (QED) is 0.549. The van der Waals surface area contributed by atoms with Gasteiger partial charge in [0.2, 0.25) is 0 Å². The van der Waals surface area contributed by atoms with Crippen molar-refractivity contribution in [3.63, 3.8) is 0 Å². The minimum absolute atomic E-state index is 0.728. The number of rotatable bonds is 8. The molecule has 3 heteroatoms. The topological polar surface area (TPSA) is 21.3 Å². The first-order chi connectivity index (χ1) is 8.27. The van der Waals surface area contributed by atoms with Crippen LogP contribution in [0.1, 0.15) is 24.5 Å². The van der Waals surface area contributed by atoms with Gasteiger partial charge < -0.3 is 10.1 Å². The summed E-state index contributed by atoms with van der Waals surface area (Å²) in [6, 6.07) is 6.44. The molecule has 0 saturated carbocycles. The van der Waals surface area contributed by atoms with Gasteiger partial charge in [-0.3, -0.25) is 0 Å². The summed E-state index contributed by atoms with van der Waals surface area (Å²) < 4.78 is 5.53. The number of aryl methyl sites for hydroxylation is 1. The van der Waals surface area contributed by atoms with Crippen molar-refractivity contribution in [3.8, 4) is 5.75 Å². The molecule has 1 aromatic carbocycles. The highest BCUT2D eigenvalue weighted by atomic mass is 32.1. The minimum atomic E-state index is 0.728. The minimum Gasteiger partial charge on any atom is -0.494 e. The molecule has 0 fully saturated rings. The van der Waals surface area contributed by atoms with Crippen LogP contribution in [0.3, 0.4) is 0 Å². The molecule has 1 N–H and O–H groups in total. The largest absolute Gasteiger partial charge is 0.494 e. The van der Waals surface area contributed by atoms with E-state index in [1.807, 2.05) is 6.92 Å². The zero-order valence-electron chi connectivity index (χ0n) is 10.8. The van der Waals surface area contributed by atoms with Gasteiger partial charge in [-0.1, -0.05) is 12.1 Å². The van der Waals surface area contributed by atoms with Crippen molar-refractivity contribution in [3.05, 3.63) is 29.3 Å². The van der Waals surface area contributed by atoms with Gasteiger partial charge in [-0.25, -0.2) is 0 Å². The second-order valence-electron chi connectivity index (χ2n) is 4.11. The van der Waals surface area contributed by atoms with Crippen molar-refractivity contribution in [2.45, 2.75) is 26.7 Å². The SMILES string of the molecule is CCOc1ccc(CCNCCCS)cc1C. The Morgan fingerprint density at radius 2 is 2.12 bits per heavy atom. The van der Waals surface area contributed by atoms with E-state index in [0.717, 1.165) is 44.0 Å². The average Bonchev–Trinajstić information content (AvgIpc) is 2.32. The summed E-state index contributed by atoms with van der Waals surface area (Å²) in [5.74, 6) is 1.95. The van der Waals surface area contributed by atoms with Gasteiger partial charge in [0.15, 0.2) is 0 Å². The number of thiol groups is 1. The van der Waals surface area contributed by atoms with E-state index < -0.39 is 0 Å². The zero-order chi connectivity index (χ0) is 12.5. The van der Waals surface area contributed by atoms with Gasteiger partial charge in [-0.15, -0.1) is 0 Å². The second kappa shape index (κ2) is 8.43. The molecule has 0 aliphatic heterocycles. The molecule has 0 aliphatic carbocycles. The molecule has 0 radical (unpaired) electrons. The van der Waals surface area contributed by atoms with E-state index in [9.17, 15) is 0 Å². The van der Waals surface area contributed by atoms with E-state index in [-0.39, 0.29) is 0 Å². The van der Waals surface area contributed by atoms with E-state index >= 15 is 0 Å². The van der Waals surface area contributed by atoms with E-state index in [2.05, 4.69) is 43.1 Å². The molecular formula is C14H23NOS. The Morgan fingerprint density at radius 1 is 1.29 bits per heavy atom. The molecule has 0 aromatic heterocycles. The number of nitrogens with one attached hydrogen (secondary N) is 1. The molecule has 0 saturated heterocycles. The number of ether oxygens (including phenoxy) is 1. The van der Waals surface area contributed by atoms with Gasteiger partial charge in [0.25, 0.3) is 0 Å². The predicted octanol–water partition coefficient (Wildman–Crippen LogP) is 2.85. The maximum Gasteiger partial charge on any atom is 0.122 e. The molecule has 0 atom stereocenters. The fourth-order valence-corrected chi connectivity index (χ4v) is 1.90. The molecule has 0 bridgehead atoms. The Kier molecular flexibility index (Phi) is 7.13. The lowest BCUT2D eigenvalue weighted by Crippen LogP contribution is -2.18. The van der Waals surface area contributed by atoms with Crippen LogP contribution in [-0.4, -0.2) is 25.4 Å². The standard InChI is InChI=1S/C14H23NOS/c1-3-16-14-6-5-13(11-12(14)2)7-9-15-8-4-10-17/h5-6,11,15,17H,3-4,7-10H2,1-2H3. The van der Waals surface area contributed by atoms with Crippen molar-refractivity contribution >= 4 is 12.6 Å². The van der Waals surface area contributed by atoms with Gasteiger partial charge in [0.05, 0.1) is 6.61 Å². The van der Waals surface area contributed by atoms with Gasteiger partial charge in [-0.05, 0) is 62.7 Å². The predicted molar refractivity (Wildman–Crippen MR) is 77.4 cm³/mol. The molecule has 0 aliphatic rings. The lowest BCUT2D eigenvalue weighted by atomic mass is 10.1. The number of hydrogen-bond acceptors (Lipinski definition) is 3. The molecule has 0 unspecified atom stereocenters. The maximum atomic E-state index is 5.53. The van der Waals surface area contributed by atoms with Crippen LogP contribution in [0.15, 0.2) is 18.2 Å². The lowest BCUT2D eigenvalue weighted by molar-refractivity contribution is 0.338. The lowest BCUT2D eigenvalue weighted by Gasteiger charge is -2.09. The van der Waals surface area contributed by atoms with Crippen LogP contribution in [0.2, 0.25) is 0 Å². The highest BCUT2D eigenvalue weighted by molar-refractivity contribution is 7.80. The van der Waals surface area contributed by atoms with Gasteiger partial charge in [0, 0.05) is 0 Å². The zero-order valence-corrected chi connectivity index (χ0v) is 11.7. The molecule has 0 spiro atoms. The van der Waals surface area contributed by atoms with E-state index in [1.54, 1.807) is 0 Å². The summed E-state index contributed by atoms with van der Waals surface area (Å²) in [5.41, 5.74) is 2.59. The summed E-state index contributed by atoms with van der Waals surface area (Å²) in [4.78, 5) is 0. The normalized spacial score (nSPS) is 10.5. The Labute approximate surface area is 110 Å². The van der Waals surface area contributed by atoms with Crippen LogP contribution in [0, 0.1) is 6.92 Å². The first kappa shape index (κ1) is 14.4. The third-order valence-electron chi connectivity index (χ3n) is 2.64. The summed E-state index contributed by atoms with van der Waals surface area (Å²) in [5, 5.41) is 3.41. The van der Waals surface area contributed by atoms with Crippen LogP contribution in [0.4, 0.5) is 0 Å². The Morgan fingerprint density at radius 3 is 2.76 bits per heavy atom. The third-order valence-corrected chi connectivity index (χ3v) is 2.96. The first-order valence-electron chi connectivity index (χ1n) is 6.31. The van der Waals surface area contributed by atoms with Crippen LogP contribution in [0.5, 0.6) is 5.75 Å². The Hall–Kier alpha value is -0.670. The molecule has 1 rings (SSSR count). The highest BCUT2D eigenvalue weighted by Gasteiger charge is 2.00. The van der Waals surface area contributed by atoms with Gasteiger partial charge >= 0.3 is 0 Å². The van der Waals surface area contributed by atoms with Crippen molar-refractivity contribution in [2.75, 3.05) is 25.4 Å². The first-order valence-corrected chi connectivity index (χ1v) is 6.95. The molecule has 0 amide bonds. The second-order valence-corrected chi connectivity index (χ2v) is 4.56. The van der Waals surface area contributed by atoms with Crippen molar-refractivity contribution in [1.29, 1.82) is 0 Å². The van der Waals surface area contributed by atoms with Crippen molar-refractivity contribution in [1.82, 2.24) is 5.32 Å². The maximum absolute atomic E-state index is 5.53. The Bertz CT molecular complexity index is 328. The fourth-order valence-electron chi connectivity index (χ4n) is 1.75. The monoisotopic (exact) mass is 253 g/mol. The number of benzene rings is 1. The van der Waals surface area contributed by atoms with E-state index in [0.29, 0.717) is 0 Å². The van der Waals surface area contributed by atoms with Crippen molar-refractivity contribution in [2.24, 2.45) is 0 Å². The third kappa shape index (κ3) is 5.46. The van der Waals surface area contributed by atoms with Crippen LogP contribution in [-0.2, 0) is 6.42 Å². The van der Waals surface area contributed by atoms with E-state index in [1.165, 1.54) is 11.1 Å². The Balaban J connectivity index is 2.36.